The first-order valence-corrected chi connectivity index (χ1v) is 14.3. The van der Waals surface area contributed by atoms with Crippen LogP contribution in [-0.4, -0.2) is 11.7 Å². The highest BCUT2D eigenvalue weighted by atomic mass is 16.3. The van der Waals surface area contributed by atoms with Gasteiger partial charge in [-0.2, -0.15) is 0 Å². The van der Waals surface area contributed by atoms with Crippen LogP contribution < -0.4 is 0 Å². The molecule has 3 saturated carbocycles. The Balaban J connectivity index is 1.42. The minimum atomic E-state index is 0.424. The minimum absolute atomic E-state index is 0.424. The van der Waals surface area contributed by atoms with Crippen molar-refractivity contribution < 1.29 is 5.11 Å². The van der Waals surface area contributed by atoms with Gasteiger partial charge in [-0.15, -0.1) is 0 Å². The molecule has 0 bridgehead atoms. The molecule has 1 heteroatoms. The summed E-state index contributed by atoms with van der Waals surface area (Å²) in [6.07, 6.45) is 24.8. The number of hydrogen-bond donors (Lipinski definition) is 1. The summed E-state index contributed by atoms with van der Waals surface area (Å²) in [4.78, 5) is 0. The Morgan fingerprint density at radius 1 is 0.567 bits per heavy atom. The summed E-state index contributed by atoms with van der Waals surface area (Å²) in [6.45, 7) is 7.64. The summed E-state index contributed by atoms with van der Waals surface area (Å²) in [5, 5.41) is 9.65. The maximum Gasteiger partial charge on any atom is 0.0459 e. The van der Waals surface area contributed by atoms with Crippen LogP contribution in [-0.2, 0) is 0 Å². The SMILES string of the molecule is CCCCC1CCC(CCC2CCC(C3CCC(CO)CC3CC)C(CC)C2)CC1. The molecule has 0 aromatic carbocycles. The molecule has 30 heavy (non-hydrogen) atoms. The third-order valence-corrected chi connectivity index (χ3v) is 10.1. The van der Waals surface area contributed by atoms with Gasteiger partial charge >= 0.3 is 0 Å². The van der Waals surface area contributed by atoms with Crippen LogP contribution in [0.3, 0.4) is 0 Å². The molecule has 0 spiro atoms. The van der Waals surface area contributed by atoms with Gasteiger partial charge in [-0.05, 0) is 79.4 Å². The average molecular weight is 419 g/mol. The van der Waals surface area contributed by atoms with Crippen molar-refractivity contribution in [1.29, 1.82) is 0 Å². The van der Waals surface area contributed by atoms with E-state index in [1.54, 1.807) is 0 Å². The smallest absolute Gasteiger partial charge is 0.0459 e. The number of aliphatic hydroxyl groups excluding tert-OH is 1. The van der Waals surface area contributed by atoms with Crippen LogP contribution in [0.15, 0.2) is 0 Å². The van der Waals surface area contributed by atoms with Crippen LogP contribution >= 0.6 is 0 Å². The van der Waals surface area contributed by atoms with E-state index in [2.05, 4.69) is 20.8 Å². The summed E-state index contributed by atoms with van der Waals surface area (Å²) in [5.41, 5.74) is 0. The van der Waals surface area contributed by atoms with Gasteiger partial charge in [0.15, 0.2) is 0 Å². The third kappa shape index (κ3) is 6.73. The third-order valence-electron chi connectivity index (χ3n) is 10.1. The molecule has 6 atom stereocenters. The van der Waals surface area contributed by atoms with E-state index in [9.17, 15) is 5.11 Å². The quantitative estimate of drug-likeness (QED) is 0.376. The van der Waals surface area contributed by atoms with Gasteiger partial charge in [-0.3, -0.25) is 0 Å². The van der Waals surface area contributed by atoms with Gasteiger partial charge in [0.2, 0.25) is 0 Å². The van der Waals surface area contributed by atoms with Gasteiger partial charge in [0.05, 0.1) is 0 Å². The second-order valence-corrected chi connectivity index (χ2v) is 11.8. The zero-order valence-electron chi connectivity index (χ0n) is 20.8. The summed E-state index contributed by atoms with van der Waals surface area (Å²) in [6, 6.07) is 0. The predicted octanol–water partition coefficient (Wildman–Crippen LogP) is 8.64. The van der Waals surface area contributed by atoms with Gasteiger partial charge in [0.1, 0.15) is 0 Å². The predicted molar refractivity (Wildman–Crippen MR) is 131 cm³/mol. The Morgan fingerprint density at radius 2 is 1.03 bits per heavy atom. The first-order chi connectivity index (χ1) is 14.7. The summed E-state index contributed by atoms with van der Waals surface area (Å²) in [5.74, 6) is 7.56. The van der Waals surface area contributed by atoms with Crippen molar-refractivity contribution in [3.63, 3.8) is 0 Å². The van der Waals surface area contributed by atoms with E-state index in [1.165, 1.54) is 109 Å². The first-order valence-electron chi connectivity index (χ1n) is 14.3. The number of hydrogen-bond acceptors (Lipinski definition) is 1. The Morgan fingerprint density at radius 3 is 1.57 bits per heavy atom. The maximum absolute atomic E-state index is 9.65. The summed E-state index contributed by atoms with van der Waals surface area (Å²) in [7, 11) is 0. The number of rotatable bonds is 10. The topological polar surface area (TPSA) is 20.2 Å². The van der Waals surface area contributed by atoms with Crippen LogP contribution in [0.4, 0.5) is 0 Å². The molecule has 3 rings (SSSR count). The highest BCUT2D eigenvalue weighted by molar-refractivity contribution is 4.90. The highest BCUT2D eigenvalue weighted by Crippen LogP contribution is 2.49. The maximum atomic E-state index is 9.65. The van der Waals surface area contributed by atoms with Gasteiger partial charge in [0, 0.05) is 6.61 Å². The molecule has 0 radical (unpaired) electrons. The number of aliphatic hydroxyl groups is 1. The van der Waals surface area contributed by atoms with E-state index in [-0.39, 0.29) is 0 Å². The van der Waals surface area contributed by atoms with Crippen molar-refractivity contribution in [2.24, 2.45) is 47.3 Å². The Labute approximate surface area is 189 Å². The van der Waals surface area contributed by atoms with E-state index in [4.69, 9.17) is 0 Å². The van der Waals surface area contributed by atoms with Crippen molar-refractivity contribution >= 4 is 0 Å². The van der Waals surface area contributed by atoms with E-state index >= 15 is 0 Å². The second-order valence-electron chi connectivity index (χ2n) is 11.8. The largest absolute Gasteiger partial charge is 0.396 e. The lowest BCUT2D eigenvalue weighted by Crippen LogP contribution is -2.37. The van der Waals surface area contributed by atoms with Gasteiger partial charge in [0.25, 0.3) is 0 Å². The summed E-state index contributed by atoms with van der Waals surface area (Å²) >= 11 is 0. The molecule has 3 aliphatic carbocycles. The molecule has 3 fully saturated rings. The number of unbranched alkanes of at least 4 members (excludes halogenated alkanes) is 1. The molecule has 3 aliphatic rings. The van der Waals surface area contributed by atoms with E-state index in [0.29, 0.717) is 12.5 Å². The molecule has 176 valence electrons. The fourth-order valence-corrected chi connectivity index (χ4v) is 8.04. The lowest BCUT2D eigenvalue weighted by Gasteiger charge is -2.46. The standard InChI is InChI=1S/C29H54O/c1-4-7-8-22-9-11-23(12-10-22)13-14-24-15-17-28(26(5-2)19-24)29-18-16-25(21-30)20-27(29)6-3/h22-30H,4-21H2,1-3H3. The highest BCUT2D eigenvalue weighted by Gasteiger charge is 2.40. The minimum Gasteiger partial charge on any atom is -0.396 e. The fourth-order valence-electron chi connectivity index (χ4n) is 8.04. The van der Waals surface area contributed by atoms with Crippen LogP contribution in [0.2, 0.25) is 0 Å². The van der Waals surface area contributed by atoms with Gasteiger partial charge in [-0.1, -0.05) is 97.8 Å². The van der Waals surface area contributed by atoms with Crippen LogP contribution in [0.5, 0.6) is 0 Å². The Kier molecular flexibility index (Phi) is 10.5. The molecule has 0 aromatic heterocycles. The zero-order valence-corrected chi connectivity index (χ0v) is 20.8. The lowest BCUT2D eigenvalue weighted by atomic mass is 9.59. The molecular formula is C29H54O. The molecule has 0 heterocycles. The molecule has 0 aliphatic heterocycles. The van der Waals surface area contributed by atoms with Crippen LogP contribution in [0.25, 0.3) is 0 Å². The molecule has 1 N–H and O–H groups in total. The second kappa shape index (κ2) is 12.9. The van der Waals surface area contributed by atoms with Crippen LogP contribution in [0, 0.1) is 47.3 Å². The molecule has 6 unspecified atom stereocenters. The average Bonchev–Trinajstić information content (AvgIpc) is 2.81. The Hall–Kier alpha value is -0.0400. The van der Waals surface area contributed by atoms with Crippen molar-refractivity contribution in [2.75, 3.05) is 6.61 Å². The van der Waals surface area contributed by atoms with E-state index < -0.39 is 0 Å². The first kappa shape index (κ1) is 24.6. The van der Waals surface area contributed by atoms with E-state index in [0.717, 1.165) is 41.4 Å². The van der Waals surface area contributed by atoms with Crippen molar-refractivity contribution in [3.05, 3.63) is 0 Å². The molecular weight excluding hydrogens is 364 g/mol. The summed E-state index contributed by atoms with van der Waals surface area (Å²) < 4.78 is 0. The normalized spacial score (nSPS) is 40.4. The van der Waals surface area contributed by atoms with E-state index in [1.807, 2.05) is 0 Å². The van der Waals surface area contributed by atoms with Gasteiger partial charge in [-0.25, -0.2) is 0 Å². The lowest BCUT2D eigenvalue weighted by molar-refractivity contribution is 0.0283. The van der Waals surface area contributed by atoms with Crippen molar-refractivity contribution in [2.45, 2.75) is 130 Å². The molecule has 1 nitrogen and oxygen atoms in total. The molecule has 0 amide bonds. The Bertz CT molecular complexity index is 451. The van der Waals surface area contributed by atoms with Crippen molar-refractivity contribution in [1.82, 2.24) is 0 Å². The van der Waals surface area contributed by atoms with Gasteiger partial charge < -0.3 is 5.11 Å². The monoisotopic (exact) mass is 418 g/mol. The zero-order chi connectivity index (χ0) is 21.3. The molecule has 0 aromatic rings. The van der Waals surface area contributed by atoms with Crippen LogP contribution in [0.1, 0.15) is 130 Å². The molecule has 0 saturated heterocycles. The fraction of sp³-hybridized carbons (Fsp3) is 1.00. The van der Waals surface area contributed by atoms with Crippen molar-refractivity contribution in [3.8, 4) is 0 Å².